The van der Waals surface area contributed by atoms with E-state index in [0.717, 1.165) is 19.3 Å². The number of nitrogens with zero attached hydrogens (tertiary/aromatic N) is 1. The molecule has 0 amide bonds. The molecule has 2 rings (SSSR count). The summed E-state index contributed by atoms with van der Waals surface area (Å²) in [5.41, 5.74) is 6.70. The van der Waals surface area contributed by atoms with Crippen LogP contribution in [0.2, 0.25) is 5.02 Å². The number of rotatable bonds is 3. The first kappa shape index (κ1) is 16.6. The molecular formula is C15H23ClN2O2S. The van der Waals surface area contributed by atoms with E-state index in [2.05, 4.69) is 6.92 Å². The van der Waals surface area contributed by atoms with Crippen LogP contribution in [-0.2, 0) is 10.0 Å². The van der Waals surface area contributed by atoms with E-state index in [9.17, 15) is 8.42 Å². The number of hydrogen-bond donors (Lipinski definition) is 1. The molecule has 0 saturated heterocycles. The minimum atomic E-state index is -3.54. The van der Waals surface area contributed by atoms with Crippen LogP contribution in [0.5, 0.6) is 0 Å². The molecule has 1 saturated carbocycles. The number of anilines is 1. The molecule has 0 spiro atoms. The molecule has 1 aromatic carbocycles. The van der Waals surface area contributed by atoms with Gasteiger partial charge in [-0.1, -0.05) is 31.4 Å². The van der Waals surface area contributed by atoms with Crippen molar-refractivity contribution in [1.82, 2.24) is 4.31 Å². The lowest BCUT2D eigenvalue weighted by atomic mass is 9.87. The van der Waals surface area contributed by atoms with Gasteiger partial charge in [-0.2, -0.15) is 4.31 Å². The largest absolute Gasteiger partial charge is 0.397 e. The molecule has 0 radical (unpaired) electrons. The lowest BCUT2D eigenvalue weighted by molar-refractivity contribution is 0.239. The van der Waals surface area contributed by atoms with Gasteiger partial charge in [0.15, 0.2) is 0 Å². The smallest absolute Gasteiger partial charge is 0.243 e. The van der Waals surface area contributed by atoms with Gasteiger partial charge >= 0.3 is 0 Å². The van der Waals surface area contributed by atoms with Crippen molar-refractivity contribution in [2.24, 2.45) is 5.92 Å². The zero-order valence-electron chi connectivity index (χ0n) is 12.8. The van der Waals surface area contributed by atoms with Crippen LogP contribution in [0.25, 0.3) is 0 Å². The van der Waals surface area contributed by atoms with Crippen molar-refractivity contribution in [3.63, 3.8) is 0 Å². The van der Waals surface area contributed by atoms with Gasteiger partial charge < -0.3 is 5.73 Å². The number of halogens is 1. The second-order valence-electron chi connectivity index (χ2n) is 6.09. The summed E-state index contributed by atoms with van der Waals surface area (Å²) >= 11 is 5.95. The Morgan fingerprint density at radius 1 is 1.33 bits per heavy atom. The average molecular weight is 331 g/mol. The van der Waals surface area contributed by atoms with E-state index >= 15 is 0 Å². The first-order chi connectivity index (χ1) is 9.73. The topological polar surface area (TPSA) is 63.4 Å². The Kier molecular flexibility index (Phi) is 4.85. The Hall–Kier alpha value is -0.780. The molecule has 2 unspecified atom stereocenters. The summed E-state index contributed by atoms with van der Waals surface area (Å²) in [5, 5.41) is 0.389. The van der Waals surface area contributed by atoms with Gasteiger partial charge in [-0.3, -0.25) is 0 Å². The van der Waals surface area contributed by atoms with Gasteiger partial charge in [-0.05, 0) is 43.4 Å². The number of sulfonamides is 1. The highest BCUT2D eigenvalue weighted by Crippen LogP contribution is 2.32. The Labute approximate surface area is 132 Å². The minimum absolute atomic E-state index is 0.0649. The third kappa shape index (κ3) is 3.35. The van der Waals surface area contributed by atoms with Crippen LogP contribution in [0.1, 0.15) is 38.2 Å². The van der Waals surface area contributed by atoms with Gasteiger partial charge in [-0.25, -0.2) is 8.42 Å². The summed E-state index contributed by atoms with van der Waals surface area (Å²) < 4.78 is 27.2. The fourth-order valence-electron chi connectivity index (χ4n) is 3.03. The van der Waals surface area contributed by atoms with Crippen LogP contribution >= 0.6 is 11.6 Å². The Bertz CT molecular complexity index is 631. The molecule has 2 atom stereocenters. The van der Waals surface area contributed by atoms with E-state index in [1.165, 1.54) is 16.8 Å². The highest BCUT2D eigenvalue weighted by atomic mass is 35.5. The fourth-order valence-corrected chi connectivity index (χ4v) is 4.88. The third-order valence-electron chi connectivity index (χ3n) is 4.37. The maximum Gasteiger partial charge on any atom is 0.243 e. The minimum Gasteiger partial charge on any atom is -0.397 e. The zero-order chi connectivity index (χ0) is 15.8. The second kappa shape index (κ2) is 6.15. The normalized spacial score (nSPS) is 23.5. The van der Waals surface area contributed by atoms with Gasteiger partial charge in [0.1, 0.15) is 0 Å². The first-order valence-corrected chi connectivity index (χ1v) is 9.09. The van der Waals surface area contributed by atoms with Crippen molar-refractivity contribution in [2.45, 2.75) is 50.5 Å². The number of benzene rings is 1. The van der Waals surface area contributed by atoms with Crippen LogP contribution in [0.4, 0.5) is 5.69 Å². The molecule has 1 aromatic rings. The molecule has 2 N–H and O–H groups in total. The van der Waals surface area contributed by atoms with Gasteiger partial charge in [0.25, 0.3) is 0 Å². The third-order valence-corrected chi connectivity index (χ3v) is 6.75. The Morgan fingerprint density at radius 3 is 2.62 bits per heavy atom. The summed E-state index contributed by atoms with van der Waals surface area (Å²) in [6.07, 6.45) is 4.09. The van der Waals surface area contributed by atoms with E-state index < -0.39 is 10.0 Å². The van der Waals surface area contributed by atoms with Crippen molar-refractivity contribution < 1.29 is 8.42 Å². The predicted molar refractivity (Wildman–Crippen MR) is 87.0 cm³/mol. The molecule has 0 aromatic heterocycles. The highest BCUT2D eigenvalue weighted by Gasteiger charge is 2.32. The quantitative estimate of drug-likeness (QED) is 0.863. The van der Waals surface area contributed by atoms with Crippen molar-refractivity contribution in [2.75, 3.05) is 12.8 Å². The highest BCUT2D eigenvalue weighted by molar-refractivity contribution is 7.89. The summed E-state index contributed by atoms with van der Waals surface area (Å²) in [6.45, 7) is 3.92. The number of nitrogens with two attached hydrogens (primary N) is 1. The number of aryl methyl sites for hydroxylation is 1. The first-order valence-electron chi connectivity index (χ1n) is 7.27. The lowest BCUT2D eigenvalue weighted by Crippen LogP contribution is -2.40. The molecule has 6 heteroatoms. The van der Waals surface area contributed by atoms with Gasteiger partial charge in [0, 0.05) is 13.1 Å². The summed E-state index contributed by atoms with van der Waals surface area (Å²) in [5.74, 6) is 0.567. The molecular weight excluding hydrogens is 308 g/mol. The maximum absolute atomic E-state index is 12.8. The van der Waals surface area contributed by atoms with Crippen molar-refractivity contribution in [3.05, 3.63) is 22.7 Å². The second-order valence-corrected chi connectivity index (χ2v) is 8.46. The number of nitrogen functional groups attached to an aromatic ring is 1. The van der Waals surface area contributed by atoms with Crippen LogP contribution < -0.4 is 5.73 Å². The standard InChI is InChI=1S/C15H23ClN2O2S/c1-10-5-4-6-12(7-10)18(3)21(19,20)15-9-14(17)13(16)8-11(15)2/h8-10,12H,4-7,17H2,1-3H3. The van der Waals surface area contributed by atoms with Gasteiger partial charge in [0.2, 0.25) is 10.0 Å². The van der Waals surface area contributed by atoms with Crippen LogP contribution in [0.15, 0.2) is 17.0 Å². The Balaban J connectivity index is 2.35. The molecule has 4 nitrogen and oxygen atoms in total. The molecule has 118 valence electrons. The summed E-state index contributed by atoms with van der Waals surface area (Å²) in [7, 11) is -1.87. The molecule has 1 aliphatic carbocycles. The average Bonchev–Trinajstić information content (AvgIpc) is 2.41. The van der Waals surface area contributed by atoms with E-state index in [4.69, 9.17) is 17.3 Å². The lowest BCUT2D eigenvalue weighted by Gasteiger charge is -2.33. The van der Waals surface area contributed by atoms with Crippen molar-refractivity contribution in [3.8, 4) is 0 Å². The monoisotopic (exact) mass is 330 g/mol. The maximum atomic E-state index is 12.8. The predicted octanol–water partition coefficient (Wildman–Crippen LogP) is 3.43. The van der Waals surface area contributed by atoms with E-state index in [1.807, 2.05) is 0 Å². The molecule has 0 bridgehead atoms. The molecule has 1 fully saturated rings. The summed E-state index contributed by atoms with van der Waals surface area (Å²) in [4.78, 5) is 0.255. The molecule has 0 aliphatic heterocycles. The van der Waals surface area contributed by atoms with Crippen LogP contribution in [0.3, 0.4) is 0 Å². The summed E-state index contributed by atoms with van der Waals surface area (Å²) in [6, 6.07) is 3.15. The van der Waals surface area contributed by atoms with Gasteiger partial charge in [0.05, 0.1) is 15.6 Å². The van der Waals surface area contributed by atoms with E-state index in [-0.39, 0.29) is 10.9 Å². The van der Waals surface area contributed by atoms with Crippen LogP contribution in [0, 0.1) is 12.8 Å². The SMILES string of the molecule is Cc1cc(Cl)c(N)cc1S(=O)(=O)N(C)C1CCCC(C)C1. The number of hydrogen-bond acceptors (Lipinski definition) is 3. The Morgan fingerprint density at radius 2 is 2.00 bits per heavy atom. The molecule has 1 aliphatic rings. The zero-order valence-corrected chi connectivity index (χ0v) is 14.3. The van der Waals surface area contributed by atoms with Gasteiger partial charge in [-0.15, -0.1) is 0 Å². The van der Waals surface area contributed by atoms with Crippen LogP contribution in [-0.4, -0.2) is 25.8 Å². The van der Waals surface area contributed by atoms with Crippen molar-refractivity contribution >= 4 is 27.3 Å². The van der Waals surface area contributed by atoms with E-state index in [1.54, 1.807) is 20.0 Å². The van der Waals surface area contributed by atoms with E-state index in [0.29, 0.717) is 22.2 Å². The van der Waals surface area contributed by atoms with Crippen molar-refractivity contribution in [1.29, 1.82) is 0 Å². The molecule has 21 heavy (non-hydrogen) atoms. The molecule has 0 heterocycles. The fraction of sp³-hybridized carbons (Fsp3) is 0.600.